The van der Waals surface area contributed by atoms with Crippen molar-refractivity contribution in [2.24, 2.45) is 0 Å². The molecule has 2 aromatic carbocycles. The first kappa shape index (κ1) is 17.7. The van der Waals surface area contributed by atoms with Gasteiger partial charge in [-0.3, -0.25) is 0 Å². The third kappa shape index (κ3) is 5.16. The lowest BCUT2D eigenvalue weighted by Crippen LogP contribution is -1.96. The Hall–Kier alpha value is -1.70. The third-order valence-electron chi connectivity index (χ3n) is 2.83. The predicted octanol–water partition coefficient (Wildman–Crippen LogP) is 4.38. The number of nitrogen functional groups attached to an aromatic ring is 2. The average Bonchev–Trinajstić information content (AvgIpc) is 2.54. The number of hydrogen-bond donors (Lipinski definition) is 2. The van der Waals surface area contributed by atoms with Gasteiger partial charge in [0.15, 0.2) is 0 Å². The number of benzene rings is 2. The molecule has 0 bridgehead atoms. The van der Waals surface area contributed by atoms with Crippen LogP contribution in [-0.2, 0) is 3.63 Å². The van der Waals surface area contributed by atoms with Crippen LogP contribution in [-0.4, -0.2) is 13.2 Å². The number of anilines is 2. The smallest absolute Gasteiger partial charge is 0.143 e. The molecule has 0 amide bonds. The first-order valence-corrected chi connectivity index (χ1v) is 8.68. The lowest BCUT2D eigenvalue weighted by Gasteiger charge is -2.09. The van der Waals surface area contributed by atoms with E-state index in [1.807, 2.05) is 38.1 Å². The molecule has 0 saturated carbocycles. The Balaban J connectivity index is 1.94. The highest BCUT2D eigenvalue weighted by Crippen LogP contribution is 2.35. The Labute approximate surface area is 145 Å². The number of ether oxygens (including phenoxy) is 2. The van der Waals surface area contributed by atoms with E-state index < -0.39 is 0 Å². The van der Waals surface area contributed by atoms with Gasteiger partial charge in [-0.1, -0.05) is 0 Å². The molecule has 7 heteroatoms. The van der Waals surface area contributed by atoms with Crippen molar-refractivity contribution in [3.05, 3.63) is 36.4 Å². The fraction of sp³-hybridized carbons (Fsp3) is 0.250. The van der Waals surface area contributed by atoms with Gasteiger partial charge in [-0.25, -0.2) is 3.63 Å². The predicted molar refractivity (Wildman–Crippen MR) is 96.8 cm³/mol. The van der Waals surface area contributed by atoms with E-state index in [0.29, 0.717) is 36.1 Å². The summed E-state index contributed by atoms with van der Waals surface area (Å²) in [6, 6.07) is 11.1. The highest BCUT2D eigenvalue weighted by Gasteiger charge is 2.06. The summed E-state index contributed by atoms with van der Waals surface area (Å²) in [4.78, 5) is 1.83. The second-order valence-electron chi connectivity index (χ2n) is 4.50. The van der Waals surface area contributed by atoms with Gasteiger partial charge >= 0.3 is 0 Å². The Morgan fingerprint density at radius 1 is 0.783 bits per heavy atom. The maximum Gasteiger partial charge on any atom is 0.143 e. The van der Waals surface area contributed by atoms with Gasteiger partial charge in [0.25, 0.3) is 0 Å². The summed E-state index contributed by atoms with van der Waals surface area (Å²) in [5, 5.41) is 0. The van der Waals surface area contributed by atoms with Gasteiger partial charge in [0.2, 0.25) is 0 Å². The zero-order chi connectivity index (χ0) is 16.7. The standard InChI is InChI=1S/C16H20N2O3S2/c1-3-19-15-9-11(5-7-13(15)17)22-21-23-12-6-8-14(18)16(10-12)20-4-2/h5-10H,3-4,17-18H2,1-2H3. The number of hydrogen-bond acceptors (Lipinski definition) is 7. The van der Waals surface area contributed by atoms with E-state index in [1.165, 1.54) is 24.1 Å². The monoisotopic (exact) mass is 352 g/mol. The van der Waals surface area contributed by atoms with Crippen LogP contribution in [0.25, 0.3) is 0 Å². The van der Waals surface area contributed by atoms with E-state index in [-0.39, 0.29) is 0 Å². The fourth-order valence-electron chi connectivity index (χ4n) is 1.79. The Kier molecular flexibility index (Phi) is 6.76. The SMILES string of the molecule is CCOc1cc(SOSc2ccc(N)c(OCC)c2)ccc1N. The van der Waals surface area contributed by atoms with Gasteiger partial charge in [-0.2, -0.15) is 0 Å². The molecule has 0 aliphatic heterocycles. The van der Waals surface area contributed by atoms with Crippen molar-refractivity contribution in [2.75, 3.05) is 24.7 Å². The summed E-state index contributed by atoms with van der Waals surface area (Å²) in [5.41, 5.74) is 12.9. The topological polar surface area (TPSA) is 79.7 Å². The van der Waals surface area contributed by atoms with Crippen molar-refractivity contribution in [1.82, 2.24) is 0 Å². The molecular formula is C16H20N2O3S2. The third-order valence-corrected chi connectivity index (χ3v) is 4.27. The second-order valence-corrected chi connectivity index (χ2v) is 6.32. The van der Waals surface area contributed by atoms with Crippen LogP contribution in [0.3, 0.4) is 0 Å². The van der Waals surface area contributed by atoms with E-state index in [4.69, 9.17) is 24.6 Å². The highest BCUT2D eigenvalue weighted by molar-refractivity contribution is 8.07. The largest absolute Gasteiger partial charge is 0.492 e. The molecule has 0 spiro atoms. The quantitative estimate of drug-likeness (QED) is 0.539. The molecular weight excluding hydrogens is 332 g/mol. The molecule has 2 aromatic rings. The van der Waals surface area contributed by atoms with Crippen LogP contribution in [0.5, 0.6) is 11.5 Å². The van der Waals surface area contributed by atoms with Crippen LogP contribution in [0.1, 0.15) is 13.8 Å². The summed E-state index contributed by atoms with van der Waals surface area (Å²) < 4.78 is 16.5. The van der Waals surface area contributed by atoms with Gasteiger partial charge < -0.3 is 20.9 Å². The molecule has 0 aliphatic carbocycles. The molecule has 23 heavy (non-hydrogen) atoms. The van der Waals surface area contributed by atoms with Crippen LogP contribution in [0.15, 0.2) is 46.2 Å². The summed E-state index contributed by atoms with van der Waals surface area (Å²) in [5.74, 6) is 1.33. The number of rotatable bonds is 8. The van der Waals surface area contributed by atoms with Crippen LogP contribution in [0, 0.1) is 0 Å². The molecule has 0 radical (unpaired) electrons. The minimum atomic E-state index is 0.569. The van der Waals surface area contributed by atoms with E-state index in [0.717, 1.165) is 9.79 Å². The maximum absolute atomic E-state index is 5.85. The minimum Gasteiger partial charge on any atom is -0.492 e. The van der Waals surface area contributed by atoms with Crippen LogP contribution in [0.4, 0.5) is 11.4 Å². The van der Waals surface area contributed by atoms with E-state index in [9.17, 15) is 0 Å². The zero-order valence-electron chi connectivity index (χ0n) is 13.1. The average molecular weight is 352 g/mol. The van der Waals surface area contributed by atoms with Crippen molar-refractivity contribution < 1.29 is 13.1 Å². The summed E-state index contributed by atoms with van der Waals surface area (Å²) >= 11 is 2.49. The lowest BCUT2D eigenvalue weighted by molar-refractivity contribution is 0.341. The van der Waals surface area contributed by atoms with Crippen LogP contribution >= 0.6 is 24.1 Å². The van der Waals surface area contributed by atoms with Gasteiger partial charge in [0.05, 0.1) is 24.6 Å². The van der Waals surface area contributed by atoms with Crippen molar-refractivity contribution in [2.45, 2.75) is 23.6 Å². The van der Waals surface area contributed by atoms with Crippen molar-refractivity contribution in [3.63, 3.8) is 0 Å². The van der Waals surface area contributed by atoms with Crippen molar-refractivity contribution >= 4 is 35.5 Å². The van der Waals surface area contributed by atoms with Crippen molar-refractivity contribution in [1.29, 1.82) is 0 Å². The molecule has 4 N–H and O–H groups in total. The highest BCUT2D eigenvalue weighted by atomic mass is 32.2. The zero-order valence-corrected chi connectivity index (χ0v) is 14.7. The van der Waals surface area contributed by atoms with E-state index in [2.05, 4.69) is 0 Å². The van der Waals surface area contributed by atoms with Gasteiger partial charge in [-0.05, 0) is 50.2 Å². The molecule has 0 aromatic heterocycles. The summed E-state index contributed by atoms with van der Waals surface area (Å²) in [6.45, 7) is 4.98. The van der Waals surface area contributed by atoms with Crippen molar-refractivity contribution in [3.8, 4) is 11.5 Å². The Morgan fingerprint density at radius 2 is 1.22 bits per heavy atom. The molecule has 0 fully saturated rings. The first-order valence-electron chi connectivity index (χ1n) is 7.19. The van der Waals surface area contributed by atoms with Gasteiger partial charge in [0.1, 0.15) is 11.5 Å². The first-order chi connectivity index (χ1) is 11.1. The molecule has 0 atom stereocenters. The van der Waals surface area contributed by atoms with Gasteiger partial charge in [0, 0.05) is 33.9 Å². The molecule has 124 valence electrons. The normalized spacial score (nSPS) is 10.5. The van der Waals surface area contributed by atoms with Crippen LogP contribution < -0.4 is 20.9 Å². The van der Waals surface area contributed by atoms with E-state index >= 15 is 0 Å². The van der Waals surface area contributed by atoms with Gasteiger partial charge in [-0.15, -0.1) is 0 Å². The van der Waals surface area contributed by atoms with Crippen LogP contribution in [0.2, 0.25) is 0 Å². The minimum absolute atomic E-state index is 0.569. The lowest BCUT2D eigenvalue weighted by atomic mass is 10.3. The molecule has 5 nitrogen and oxygen atoms in total. The summed E-state index contributed by atoms with van der Waals surface area (Å²) in [6.07, 6.45) is 0. The molecule has 0 aliphatic rings. The van der Waals surface area contributed by atoms with E-state index in [1.54, 1.807) is 12.1 Å². The Bertz CT molecular complexity index is 598. The summed E-state index contributed by atoms with van der Waals surface area (Å²) in [7, 11) is 0. The fourth-order valence-corrected chi connectivity index (χ4v) is 3.11. The number of nitrogens with two attached hydrogens (primary N) is 2. The molecule has 0 unspecified atom stereocenters. The second kappa shape index (κ2) is 8.81. The Morgan fingerprint density at radius 3 is 1.61 bits per heavy atom. The molecule has 0 saturated heterocycles. The molecule has 0 heterocycles. The maximum atomic E-state index is 5.85. The molecule has 2 rings (SSSR count).